The van der Waals surface area contributed by atoms with E-state index < -0.39 is 0 Å². The van der Waals surface area contributed by atoms with E-state index in [0.717, 1.165) is 24.2 Å². The Kier molecular flexibility index (Phi) is 4.24. The lowest BCUT2D eigenvalue weighted by molar-refractivity contribution is 0.555. The van der Waals surface area contributed by atoms with Crippen molar-refractivity contribution in [3.05, 3.63) is 29.7 Å². The zero-order valence-corrected chi connectivity index (χ0v) is 12.3. The fourth-order valence-electron chi connectivity index (χ4n) is 3.27. The molecule has 0 unspecified atom stereocenters. The van der Waals surface area contributed by atoms with Crippen LogP contribution in [0.5, 0.6) is 0 Å². The van der Waals surface area contributed by atoms with Gasteiger partial charge in [0, 0.05) is 17.6 Å². The molecule has 20 heavy (non-hydrogen) atoms. The predicted octanol–water partition coefficient (Wildman–Crippen LogP) is 4.14. The van der Waals surface area contributed by atoms with E-state index in [1.165, 1.54) is 62.8 Å². The van der Waals surface area contributed by atoms with Crippen molar-refractivity contribution in [1.29, 1.82) is 0 Å². The molecule has 0 fully saturated rings. The van der Waals surface area contributed by atoms with Gasteiger partial charge < -0.3 is 10.1 Å². The summed E-state index contributed by atoms with van der Waals surface area (Å²) in [6.07, 6.45) is 15.1. The van der Waals surface area contributed by atoms with Crippen molar-refractivity contribution in [1.82, 2.24) is 9.38 Å². The summed E-state index contributed by atoms with van der Waals surface area (Å²) in [7, 11) is 0. The number of aromatic nitrogens is 2. The highest BCUT2D eigenvalue weighted by Gasteiger charge is 2.12. The Morgan fingerprint density at radius 1 is 0.850 bits per heavy atom. The molecule has 1 aliphatic carbocycles. The lowest BCUT2D eigenvalue weighted by Gasteiger charge is -2.08. The lowest BCUT2D eigenvalue weighted by Crippen LogP contribution is -2.00. The number of nitrogens with two attached hydrogens (primary N) is 1. The molecule has 0 atom stereocenters. The van der Waals surface area contributed by atoms with Crippen molar-refractivity contribution < 1.29 is 0 Å². The molecule has 0 radical (unpaired) electrons. The third kappa shape index (κ3) is 2.97. The van der Waals surface area contributed by atoms with Crippen LogP contribution >= 0.6 is 0 Å². The van der Waals surface area contributed by atoms with Crippen LogP contribution in [0.4, 0.5) is 5.69 Å². The second kappa shape index (κ2) is 6.29. The van der Waals surface area contributed by atoms with Gasteiger partial charge in [0.1, 0.15) is 5.65 Å². The van der Waals surface area contributed by atoms with Crippen molar-refractivity contribution in [2.75, 3.05) is 5.73 Å². The summed E-state index contributed by atoms with van der Waals surface area (Å²) < 4.78 is 2.22. The molecule has 3 rings (SSSR count). The minimum atomic E-state index is 0.823. The van der Waals surface area contributed by atoms with Crippen molar-refractivity contribution >= 4 is 11.3 Å². The van der Waals surface area contributed by atoms with E-state index in [1.807, 2.05) is 18.3 Å². The molecule has 0 bridgehead atoms. The summed E-state index contributed by atoms with van der Waals surface area (Å²) in [6, 6.07) is 3.99. The molecule has 1 aliphatic rings. The molecule has 0 aromatic carbocycles. The Morgan fingerprint density at radius 3 is 2.25 bits per heavy atom. The van der Waals surface area contributed by atoms with E-state index in [1.54, 1.807) is 0 Å². The van der Waals surface area contributed by atoms with E-state index in [2.05, 4.69) is 4.40 Å². The molecule has 3 nitrogen and oxygen atoms in total. The Morgan fingerprint density at radius 2 is 1.50 bits per heavy atom. The lowest BCUT2D eigenvalue weighted by atomic mass is 10.0. The number of rotatable bonds is 0. The summed E-state index contributed by atoms with van der Waals surface area (Å²) in [5.74, 6) is 0. The fraction of sp³-hybridized carbons (Fsp3) is 0.588. The topological polar surface area (TPSA) is 43.3 Å². The van der Waals surface area contributed by atoms with Crippen molar-refractivity contribution in [2.45, 2.75) is 64.2 Å². The Balaban J connectivity index is 1.91. The van der Waals surface area contributed by atoms with Crippen LogP contribution in [0.15, 0.2) is 18.3 Å². The van der Waals surface area contributed by atoms with Gasteiger partial charge in [0.15, 0.2) is 0 Å². The van der Waals surface area contributed by atoms with E-state index in [-0.39, 0.29) is 0 Å². The van der Waals surface area contributed by atoms with Gasteiger partial charge in [0.2, 0.25) is 0 Å². The maximum atomic E-state index is 5.94. The SMILES string of the molecule is Nc1ccc2nc3c(n2c1)CCCCCCCCCC3. The van der Waals surface area contributed by atoms with Gasteiger partial charge in [-0.15, -0.1) is 0 Å². The Labute approximate surface area is 121 Å². The van der Waals surface area contributed by atoms with Crippen molar-refractivity contribution in [3.63, 3.8) is 0 Å². The minimum Gasteiger partial charge on any atom is -0.398 e. The van der Waals surface area contributed by atoms with Gasteiger partial charge in [-0.25, -0.2) is 4.98 Å². The van der Waals surface area contributed by atoms with Crippen LogP contribution in [0, 0.1) is 0 Å². The second-order valence-electron chi connectivity index (χ2n) is 6.02. The molecule has 0 saturated heterocycles. The van der Waals surface area contributed by atoms with Crippen LogP contribution in [0.25, 0.3) is 5.65 Å². The summed E-state index contributed by atoms with van der Waals surface area (Å²) in [6.45, 7) is 0. The zero-order chi connectivity index (χ0) is 13.8. The summed E-state index contributed by atoms with van der Waals surface area (Å²) in [4.78, 5) is 4.83. The number of anilines is 1. The van der Waals surface area contributed by atoms with E-state index in [4.69, 9.17) is 10.7 Å². The first kappa shape index (κ1) is 13.5. The normalized spacial score (nSPS) is 18.2. The van der Waals surface area contributed by atoms with Gasteiger partial charge in [0.25, 0.3) is 0 Å². The molecular formula is C17H25N3. The molecule has 0 saturated carbocycles. The number of pyridine rings is 1. The van der Waals surface area contributed by atoms with Gasteiger partial charge in [-0.2, -0.15) is 0 Å². The standard InChI is InChI=1S/C17H25N3/c18-14-11-12-17-19-15-9-7-5-3-1-2-4-6-8-10-16(15)20(17)13-14/h11-13H,1-10,18H2. The summed E-state index contributed by atoms with van der Waals surface area (Å²) >= 11 is 0. The molecule has 3 heteroatoms. The highest BCUT2D eigenvalue weighted by Crippen LogP contribution is 2.21. The average molecular weight is 271 g/mol. The smallest absolute Gasteiger partial charge is 0.137 e. The molecule has 0 spiro atoms. The van der Waals surface area contributed by atoms with Crippen LogP contribution in [0.2, 0.25) is 0 Å². The van der Waals surface area contributed by atoms with Crippen LogP contribution in [0.1, 0.15) is 62.8 Å². The third-order valence-electron chi connectivity index (χ3n) is 4.40. The van der Waals surface area contributed by atoms with Crippen LogP contribution in [-0.2, 0) is 12.8 Å². The molecular weight excluding hydrogens is 246 g/mol. The van der Waals surface area contributed by atoms with Gasteiger partial charge in [-0.05, 0) is 37.8 Å². The second-order valence-corrected chi connectivity index (χ2v) is 6.02. The number of imidazole rings is 1. The van der Waals surface area contributed by atoms with Gasteiger partial charge >= 0.3 is 0 Å². The van der Waals surface area contributed by atoms with Crippen molar-refractivity contribution in [3.8, 4) is 0 Å². The highest BCUT2D eigenvalue weighted by atomic mass is 15.0. The van der Waals surface area contributed by atoms with Crippen LogP contribution < -0.4 is 5.73 Å². The summed E-state index contributed by atoms with van der Waals surface area (Å²) in [5.41, 5.74) is 10.5. The largest absolute Gasteiger partial charge is 0.398 e. The molecule has 2 N–H and O–H groups in total. The first-order valence-electron chi connectivity index (χ1n) is 8.10. The van der Waals surface area contributed by atoms with Crippen LogP contribution in [-0.4, -0.2) is 9.38 Å². The van der Waals surface area contributed by atoms with Gasteiger partial charge in [-0.1, -0.05) is 38.5 Å². The average Bonchev–Trinajstić information content (AvgIpc) is 2.76. The maximum Gasteiger partial charge on any atom is 0.137 e. The molecule has 0 amide bonds. The van der Waals surface area contributed by atoms with E-state index >= 15 is 0 Å². The molecule has 2 heterocycles. The highest BCUT2D eigenvalue weighted by molar-refractivity contribution is 5.50. The van der Waals surface area contributed by atoms with Gasteiger partial charge in [0.05, 0.1) is 5.69 Å². The van der Waals surface area contributed by atoms with Crippen molar-refractivity contribution in [2.24, 2.45) is 0 Å². The Bertz CT molecular complexity index is 571. The molecule has 2 aromatic heterocycles. The summed E-state index contributed by atoms with van der Waals surface area (Å²) in [5, 5.41) is 0. The number of hydrogen-bond acceptors (Lipinski definition) is 2. The number of nitrogen functional groups attached to an aromatic ring is 1. The predicted molar refractivity (Wildman–Crippen MR) is 83.9 cm³/mol. The third-order valence-corrected chi connectivity index (χ3v) is 4.40. The number of fused-ring (bicyclic) bond motifs is 3. The minimum absolute atomic E-state index is 0.823. The Hall–Kier alpha value is -1.51. The van der Waals surface area contributed by atoms with Gasteiger partial charge in [-0.3, -0.25) is 0 Å². The number of nitrogens with zero attached hydrogens (tertiary/aromatic N) is 2. The molecule has 0 aliphatic heterocycles. The number of hydrogen-bond donors (Lipinski definition) is 1. The zero-order valence-electron chi connectivity index (χ0n) is 12.3. The van der Waals surface area contributed by atoms with Crippen LogP contribution in [0.3, 0.4) is 0 Å². The van der Waals surface area contributed by atoms with E-state index in [9.17, 15) is 0 Å². The molecule has 108 valence electrons. The first-order valence-corrected chi connectivity index (χ1v) is 8.10. The fourth-order valence-corrected chi connectivity index (χ4v) is 3.27. The molecule has 2 aromatic rings. The monoisotopic (exact) mass is 271 g/mol. The van der Waals surface area contributed by atoms with E-state index in [0.29, 0.717) is 0 Å². The maximum absolute atomic E-state index is 5.94. The quantitative estimate of drug-likeness (QED) is 0.782. The first-order chi connectivity index (χ1) is 9.84. The number of aryl methyl sites for hydroxylation is 2.